The van der Waals surface area contributed by atoms with Gasteiger partial charge < -0.3 is 64.8 Å². The Balaban J connectivity index is 1.50. The van der Waals surface area contributed by atoms with Gasteiger partial charge in [0.05, 0.1) is 43.3 Å². The van der Waals surface area contributed by atoms with Gasteiger partial charge in [-0.15, -0.1) is 13.2 Å². The van der Waals surface area contributed by atoms with Crippen molar-refractivity contribution in [2.45, 2.75) is 197 Å². The molecule has 0 bridgehead atoms. The molecule has 2 heterocycles. The summed E-state index contributed by atoms with van der Waals surface area (Å²) in [7, 11) is 11.2. The molecule has 580 valence electrons. The first-order valence-corrected chi connectivity index (χ1v) is 36.8. The maximum atomic E-state index is 15.6. The van der Waals surface area contributed by atoms with Crippen molar-refractivity contribution in [1.29, 1.82) is 0 Å². The summed E-state index contributed by atoms with van der Waals surface area (Å²) >= 11 is 6.18. The highest BCUT2D eigenvalue weighted by Crippen LogP contribution is 2.38. The number of ether oxygens (including phenoxy) is 1. The van der Waals surface area contributed by atoms with E-state index in [1.54, 1.807) is 26.0 Å². The summed E-state index contributed by atoms with van der Waals surface area (Å²) in [5, 5.41) is 8.08. The second-order valence-electron chi connectivity index (χ2n) is 29.5. The van der Waals surface area contributed by atoms with Gasteiger partial charge in [-0.3, -0.25) is 57.5 Å². The van der Waals surface area contributed by atoms with E-state index in [0.717, 1.165) is 45.2 Å². The number of nitrogens with one attached hydrogen (secondary N) is 3. The number of carbonyl (C=O) groups excluding carboxylic acids is 12. The molecule has 2 aliphatic carbocycles. The molecule has 2 aromatic carbocycles. The minimum absolute atomic E-state index is 0.00225. The average molecular weight is 1490 g/mol. The predicted octanol–water partition coefficient (Wildman–Crippen LogP) is 5.82. The van der Waals surface area contributed by atoms with Gasteiger partial charge in [0.15, 0.2) is 0 Å². The third-order valence-corrected chi connectivity index (χ3v) is 21.4. The molecule has 1 unspecified atom stereocenters. The summed E-state index contributed by atoms with van der Waals surface area (Å²) in [6.07, 6.45) is 1.49. The van der Waals surface area contributed by atoms with Crippen molar-refractivity contribution in [2.24, 2.45) is 17.8 Å². The molecule has 6 rings (SSSR count). The Hall–Kier alpha value is -8.40. The fraction of sp³-hybridized carbons (Fsp3) is 0.632. The standard InChI is InChI=1S/C76H110ClF3N12O13/c1-16-37-91-59(42-51-29-27-48(6)28-30-51)70(100)85(10)44-61(93)81-55(34-32-50-31-33-53(54(77)41-50)76(78,79)80)68(98)92-38-23-26-56(92)67(97)83-75(35-21-22-36-75)74(104)90(15)65(52-24-19-20-25-52)73(103)89(14)58(69(99)84(8)9)43-62(94)87(12)57(40-47(4)5)66(96)82-64(49(7)18-3)72(102)86(11)45-63(95)88(13)60(71(91)101)46-105-39-17-2/h16-17,27-31,33,41,47,49,52,55-60,64-65H,1-2,18-26,32,34-40,42-46H2,3-15H3,(H,81,93)(H,82,96)(H,83,97)/t49-,55-,56-,57-,58-,59-,60+,64?,65-/m0/s1. The summed E-state index contributed by atoms with van der Waals surface area (Å²) in [6.45, 7) is 14.5. The number of benzene rings is 2. The maximum absolute atomic E-state index is 15.6. The normalized spacial score (nSPS) is 24.7. The van der Waals surface area contributed by atoms with E-state index in [1.807, 2.05) is 32.9 Å². The number of hydrogen-bond acceptors (Lipinski definition) is 13. The third-order valence-electron chi connectivity index (χ3n) is 21.1. The zero-order chi connectivity index (χ0) is 78.1. The molecule has 4 fully saturated rings. The smallest absolute Gasteiger partial charge is 0.375 e. The predicted molar refractivity (Wildman–Crippen MR) is 390 cm³/mol. The number of aryl methyl sites for hydroxylation is 2. The average Bonchev–Trinajstić information content (AvgIpc) is 1.71. The monoisotopic (exact) mass is 1490 g/mol. The molecule has 0 aromatic heterocycles. The van der Waals surface area contributed by atoms with Gasteiger partial charge in [0.2, 0.25) is 70.9 Å². The third kappa shape index (κ3) is 21.7. The van der Waals surface area contributed by atoms with Crippen LogP contribution >= 0.6 is 11.6 Å². The van der Waals surface area contributed by atoms with Gasteiger partial charge in [-0.2, -0.15) is 13.2 Å². The van der Waals surface area contributed by atoms with Crippen LogP contribution in [0.3, 0.4) is 0 Å². The number of rotatable bonds is 17. The zero-order valence-electron chi connectivity index (χ0n) is 63.4. The molecule has 9 atom stereocenters. The van der Waals surface area contributed by atoms with Crippen molar-refractivity contribution in [2.75, 3.05) is 95.8 Å². The molecular weight excluding hydrogens is 1380 g/mol. The van der Waals surface area contributed by atoms with Crippen LogP contribution in [0.25, 0.3) is 0 Å². The number of amides is 12. The molecule has 2 saturated carbocycles. The van der Waals surface area contributed by atoms with Crippen LogP contribution in [0, 0.1) is 24.7 Å². The molecular formula is C76H110ClF3N12O13. The fourth-order valence-corrected chi connectivity index (χ4v) is 15.0. The lowest BCUT2D eigenvalue weighted by Crippen LogP contribution is -2.65. The van der Waals surface area contributed by atoms with Crippen LogP contribution in [0.5, 0.6) is 0 Å². The van der Waals surface area contributed by atoms with Gasteiger partial charge in [-0.05, 0) is 106 Å². The number of fused-ring (bicyclic) bond motifs is 1. The van der Waals surface area contributed by atoms with Gasteiger partial charge in [-0.1, -0.05) is 119 Å². The molecule has 25 nitrogen and oxygen atoms in total. The van der Waals surface area contributed by atoms with E-state index in [-0.39, 0.29) is 76.1 Å². The largest absolute Gasteiger partial charge is 0.417 e. The summed E-state index contributed by atoms with van der Waals surface area (Å²) < 4.78 is 47.7. The minimum Gasteiger partial charge on any atom is -0.375 e. The van der Waals surface area contributed by atoms with Gasteiger partial charge in [0, 0.05) is 75.9 Å². The number of likely N-dealkylation sites (N-methyl/N-ethyl adjacent to an activating group) is 7. The SMILES string of the molecule is C=CCOC[C@@H]1C(=O)N(CC=C)[C@@H](Cc2ccc(C)cc2)C(=O)N(C)CC(=O)N[C@@H](CCc2ccc(C(F)(F)F)c(Cl)c2)C(=O)N2CCC[C@H]2C(=O)NC2(CCCC2)C(=O)N(C)[C@@H](C2CCCC2)C(=O)N(C)[C@H](C(=O)N(C)C)CC(=O)N(C)[C@@H](CC(C)C)C(=O)NC([C@@H](C)CC)C(=O)N(C)CC(=O)N1C. The first-order valence-electron chi connectivity index (χ1n) is 36.4. The van der Waals surface area contributed by atoms with E-state index in [4.69, 9.17) is 16.3 Å². The molecule has 12 amide bonds. The van der Waals surface area contributed by atoms with E-state index < -0.39 is 179 Å². The summed E-state index contributed by atoms with van der Waals surface area (Å²) in [6, 6.07) is -0.588. The van der Waals surface area contributed by atoms with E-state index in [9.17, 15) is 41.9 Å². The van der Waals surface area contributed by atoms with Crippen LogP contribution in [0.1, 0.15) is 140 Å². The quantitative estimate of drug-likeness (QED) is 0.125. The summed E-state index contributed by atoms with van der Waals surface area (Å²) in [5.41, 5.74) is -0.960. The molecule has 29 heteroatoms. The van der Waals surface area contributed by atoms with Crippen LogP contribution < -0.4 is 16.0 Å². The van der Waals surface area contributed by atoms with Crippen LogP contribution in [-0.4, -0.2) is 265 Å². The van der Waals surface area contributed by atoms with Crippen molar-refractivity contribution in [3.8, 4) is 0 Å². The molecule has 2 aromatic rings. The van der Waals surface area contributed by atoms with Gasteiger partial charge in [0.25, 0.3) is 0 Å². The minimum atomic E-state index is -4.79. The molecule has 2 aliphatic heterocycles. The van der Waals surface area contributed by atoms with Gasteiger partial charge >= 0.3 is 6.18 Å². The fourth-order valence-electron chi connectivity index (χ4n) is 14.7. The number of alkyl halides is 3. The highest BCUT2D eigenvalue weighted by molar-refractivity contribution is 6.31. The van der Waals surface area contributed by atoms with Crippen molar-refractivity contribution < 1.29 is 75.4 Å². The van der Waals surface area contributed by atoms with Crippen LogP contribution in [0.15, 0.2) is 67.8 Å². The maximum Gasteiger partial charge on any atom is 0.417 e. The van der Waals surface area contributed by atoms with Gasteiger partial charge in [0.1, 0.15) is 53.9 Å². The topological polar surface area (TPSA) is 279 Å². The Labute approximate surface area is 621 Å². The van der Waals surface area contributed by atoms with E-state index in [2.05, 4.69) is 29.1 Å². The summed E-state index contributed by atoms with van der Waals surface area (Å²) in [4.78, 5) is 192. The Morgan fingerprint density at radius 1 is 0.714 bits per heavy atom. The number of carbonyl (C=O) groups is 12. The van der Waals surface area contributed by atoms with Crippen molar-refractivity contribution >= 4 is 82.5 Å². The molecule has 4 aliphatic rings. The van der Waals surface area contributed by atoms with Crippen molar-refractivity contribution in [3.63, 3.8) is 0 Å². The number of nitrogens with zero attached hydrogens (tertiary/aromatic N) is 9. The number of hydrogen-bond donors (Lipinski definition) is 3. The lowest BCUT2D eigenvalue weighted by molar-refractivity contribution is -0.156. The van der Waals surface area contributed by atoms with E-state index in [0.29, 0.717) is 44.1 Å². The Kier molecular flexibility index (Phi) is 31.1. The zero-order valence-corrected chi connectivity index (χ0v) is 64.1. The Bertz CT molecular complexity index is 3470. The molecule has 1 spiro atoms. The molecule has 2 saturated heterocycles. The molecule has 3 N–H and O–H groups in total. The van der Waals surface area contributed by atoms with Crippen molar-refractivity contribution in [3.05, 3.63) is 95.1 Å². The van der Waals surface area contributed by atoms with E-state index in [1.165, 1.54) is 104 Å². The lowest BCUT2D eigenvalue weighted by atomic mass is 9.90. The molecule has 105 heavy (non-hydrogen) atoms. The highest BCUT2D eigenvalue weighted by atomic mass is 35.5. The van der Waals surface area contributed by atoms with Crippen LogP contribution in [0.2, 0.25) is 5.02 Å². The van der Waals surface area contributed by atoms with Crippen molar-refractivity contribution in [1.82, 2.24) is 60.0 Å². The summed E-state index contributed by atoms with van der Waals surface area (Å²) in [5.74, 6) is -9.89. The second-order valence-corrected chi connectivity index (χ2v) is 29.9. The molecule has 0 radical (unpaired) electrons. The van der Waals surface area contributed by atoms with Crippen LogP contribution in [0.4, 0.5) is 13.2 Å². The lowest BCUT2D eigenvalue weighted by Gasteiger charge is -2.42. The first kappa shape index (κ1) is 85.5. The van der Waals surface area contributed by atoms with Gasteiger partial charge in [-0.25, -0.2) is 0 Å². The first-order chi connectivity index (χ1) is 49.4. The van der Waals surface area contributed by atoms with Crippen LogP contribution in [-0.2, 0) is 81.3 Å². The number of halogens is 4. The Morgan fingerprint density at radius 2 is 1.33 bits per heavy atom. The van der Waals surface area contributed by atoms with E-state index >= 15 is 28.8 Å². The highest BCUT2D eigenvalue weighted by Gasteiger charge is 2.52. The Morgan fingerprint density at radius 3 is 1.91 bits per heavy atom. The second kappa shape index (κ2) is 38.2.